The Hall–Kier alpha value is 12.8. The van der Waals surface area contributed by atoms with E-state index in [9.17, 15) is 0 Å². The molecule has 0 atom stereocenters. The first-order valence-corrected chi connectivity index (χ1v) is 3.45. The summed E-state index contributed by atoms with van der Waals surface area (Å²) >= 11 is 0. The van der Waals surface area contributed by atoms with E-state index in [1.807, 2.05) is 13.2 Å². The molecule has 0 aromatic rings. The minimum Gasteiger partial charge on any atom is -0.713 e. The van der Waals surface area contributed by atoms with Crippen LogP contribution in [0.15, 0.2) is 0 Å². The molecule has 0 amide bonds. The maximum atomic E-state index is 5.11. The molecule has 0 N–H and O–H groups in total. The number of rotatable bonds is 4. The van der Waals surface area contributed by atoms with Gasteiger partial charge in [-0.25, -0.2) is 0 Å². The summed E-state index contributed by atoms with van der Waals surface area (Å²) in [5.41, 5.74) is 0. The minimum absolute atomic E-state index is 0. The van der Waals surface area contributed by atoms with Gasteiger partial charge in [-0.1, -0.05) is 27.7 Å². The quantitative estimate of drug-likeness (QED) is 0.395. The smallest absolute Gasteiger partial charge is 0 e. The third kappa shape index (κ3) is 88.0. The average molecular weight is 1290 g/mol. The van der Waals surface area contributed by atoms with Crippen LogP contribution in [0, 0.1) is 25.0 Å². The topological polar surface area (TPSA) is 9.23 Å². The first-order chi connectivity index (χ1) is 4.13. The molecule has 0 aliphatic carbocycles. The number of hydrogen-bond donors (Lipinski definition) is 0. The fourth-order valence-corrected chi connectivity index (χ4v) is 0.360. The van der Waals surface area contributed by atoms with E-state index in [2.05, 4.69) is 27.7 Å². The Balaban J connectivity index is -0.00000000485. The molecule has 0 heterocycles. The van der Waals surface area contributed by atoms with Crippen LogP contribution < -0.4 is 0 Å². The monoisotopic (exact) mass is 1290 g/mol. The van der Waals surface area contributed by atoms with E-state index >= 15 is 0 Å². The van der Waals surface area contributed by atoms with Gasteiger partial charge in [-0.2, -0.15) is 11.8 Å². The van der Waals surface area contributed by atoms with Gasteiger partial charge in [0, 0.05) is 381 Å². The Bertz CT molecular complexity index is 75.2. The molecule has 1 nitrogen and oxygen atoms in total. The Morgan fingerprint density at radius 2 is 0.619 bits per heavy atom. The summed E-state index contributed by atoms with van der Waals surface area (Å²) in [6.45, 7) is 12.0. The van der Waals surface area contributed by atoms with Crippen molar-refractivity contribution in [2.24, 2.45) is 11.8 Å². The van der Waals surface area contributed by atoms with Crippen molar-refractivity contribution in [3.63, 3.8) is 0 Å². The summed E-state index contributed by atoms with van der Waals surface area (Å²) in [6, 6.07) is 0. The van der Waals surface area contributed by atoms with Crippen molar-refractivity contribution in [1.82, 2.24) is 0 Å². The normalized spacial score (nSPS) is 4.86. The van der Waals surface area contributed by atoms with Crippen LogP contribution in [0.25, 0.3) is 0 Å². The number of hydrogen-bond acceptors (Lipinski definition) is 1. The molecular weight excluding hydrogens is 1270 g/mol. The SMILES string of the molecule is CC(C)[CH-]O[CH-]C(C)C.[W].[Y].[Y].[Y].[Y].[Y].[Y].[Y].[Y].[Y].[Y].[Y]. The van der Waals surface area contributed by atoms with Gasteiger partial charge in [-0.05, 0) is 0 Å². The van der Waals surface area contributed by atoms with Crippen LogP contribution in [0.4, 0.5) is 0 Å². The molecule has 0 saturated heterocycles. The molecule has 0 aromatic carbocycles. The van der Waals surface area contributed by atoms with Gasteiger partial charge in [0.2, 0.25) is 0 Å². The van der Waals surface area contributed by atoms with Gasteiger partial charge in [-0.3, -0.25) is 13.2 Å². The van der Waals surface area contributed by atoms with Crippen LogP contribution >= 0.6 is 0 Å². The van der Waals surface area contributed by atoms with Crippen molar-refractivity contribution >= 4 is 0 Å². The van der Waals surface area contributed by atoms with E-state index in [1.165, 1.54) is 0 Å². The molecule has 95 valence electrons. The van der Waals surface area contributed by atoms with Gasteiger partial charge >= 0.3 is 0 Å². The van der Waals surface area contributed by atoms with Crippen LogP contribution in [-0.2, 0) is 386 Å². The summed E-state index contributed by atoms with van der Waals surface area (Å²) in [6.07, 6.45) is 0. The molecular formula is C8H16OWY11-2. The predicted molar refractivity (Wildman–Crippen MR) is 39.4 cm³/mol. The third-order valence-corrected chi connectivity index (χ3v) is 0.701. The summed E-state index contributed by atoms with van der Waals surface area (Å²) < 4.78 is 5.11. The second-order valence-corrected chi connectivity index (χ2v) is 2.90. The summed E-state index contributed by atoms with van der Waals surface area (Å²) in [4.78, 5) is 0. The van der Waals surface area contributed by atoms with Gasteiger partial charge in [0.05, 0.1) is 0 Å². The van der Waals surface area contributed by atoms with Crippen LogP contribution in [0.5, 0.6) is 0 Å². The molecule has 0 rings (SSSR count). The minimum atomic E-state index is 0. The molecule has 0 aliphatic heterocycles. The molecule has 13 heteroatoms. The Labute approximate surface area is 424 Å². The van der Waals surface area contributed by atoms with Crippen LogP contribution in [-0.4, -0.2) is 0 Å². The molecule has 0 spiro atoms. The maximum absolute atomic E-state index is 5.11. The van der Waals surface area contributed by atoms with Crippen molar-refractivity contribution in [2.75, 3.05) is 0 Å². The van der Waals surface area contributed by atoms with Gasteiger partial charge < -0.3 is 4.74 Å². The summed E-state index contributed by atoms with van der Waals surface area (Å²) in [5, 5.41) is 0. The molecule has 0 fully saturated rings. The zero-order valence-corrected chi connectivity index (χ0v) is 47.6. The van der Waals surface area contributed by atoms with E-state index in [1.54, 1.807) is 0 Å². The first-order valence-electron chi connectivity index (χ1n) is 3.45. The van der Waals surface area contributed by atoms with E-state index in [0.29, 0.717) is 11.8 Å². The standard InChI is InChI=1S/C8H16O.W.11Y/c1-7(2)5-9-6-8(3)4;;;;;;;;;;;;/h5-8H,1-4H3;;;;;;;;;;;;/q-2;;;;;;;;;;;;. The molecule has 0 aromatic heterocycles. The molecule has 0 aliphatic rings. The average Bonchev–Trinajstić information content (AvgIpc) is 1.63. The molecule has 21 heavy (non-hydrogen) atoms. The molecule has 0 saturated carbocycles. The van der Waals surface area contributed by atoms with E-state index in [4.69, 9.17) is 4.74 Å². The van der Waals surface area contributed by atoms with Crippen LogP contribution in [0.3, 0.4) is 0 Å². The van der Waals surface area contributed by atoms with Gasteiger partial charge in [0.25, 0.3) is 0 Å². The third-order valence-electron chi connectivity index (χ3n) is 0.701. The second kappa shape index (κ2) is 69.8. The van der Waals surface area contributed by atoms with Gasteiger partial charge in [0.15, 0.2) is 0 Å². The van der Waals surface area contributed by atoms with Crippen molar-refractivity contribution in [3.05, 3.63) is 13.2 Å². The number of ether oxygens (including phenoxy) is 1. The second-order valence-electron chi connectivity index (χ2n) is 2.90. The van der Waals surface area contributed by atoms with Crippen LogP contribution in [0.1, 0.15) is 27.7 Å². The summed E-state index contributed by atoms with van der Waals surface area (Å²) in [5.74, 6) is 1.03. The Morgan fingerprint density at radius 3 is 0.714 bits per heavy atom. The fraction of sp³-hybridized carbons (Fsp3) is 0.750. The van der Waals surface area contributed by atoms with Gasteiger partial charge in [0.1, 0.15) is 0 Å². The van der Waals surface area contributed by atoms with Crippen molar-refractivity contribution in [1.29, 1.82) is 0 Å². The predicted octanol–water partition coefficient (Wildman–Crippen LogP) is 2.61. The fourth-order valence-electron chi connectivity index (χ4n) is 0.360. The largest absolute Gasteiger partial charge is 0.713 e. The Morgan fingerprint density at radius 1 is 0.476 bits per heavy atom. The zero-order valence-electron chi connectivity index (χ0n) is 13.5. The Kier molecular flexibility index (Phi) is 279. The van der Waals surface area contributed by atoms with Crippen molar-refractivity contribution in [3.8, 4) is 0 Å². The van der Waals surface area contributed by atoms with E-state index < -0.39 is 0 Å². The summed E-state index contributed by atoms with van der Waals surface area (Å²) in [7, 11) is 0. The molecule has 11 radical (unpaired) electrons. The maximum Gasteiger partial charge on any atom is 0 e. The van der Waals surface area contributed by atoms with Crippen molar-refractivity contribution in [2.45, 2.75) is 27.7 Å². The van der Waals surface area contributed by atoms with E-state index in [-0.39, 0.29) is 381 Å². The first kappa shape index (κ1) is 84.1. The van der Waals surface area contributed by atoms with E-state index in [0.717, 1.165) is 0 Å². The van der Waals surface area contributed by atoms with Gasteiger partial charge in [-0.15, -0.1) is 0 Å². The van der Waals surface area contributed by atoms with Crippen LogP contribution in [0.2, 0.25) is 0 Å². The zero-order chi connectivity index (χ0) is 7.28. The van der Waals surface area contributed by atoms with Crippen molar-refractivity contribution < 1.29 is 386 Å². The molecule has 0 unspecified atom stereocenters. The molecule has 0 bridgehead atoms.